The van der Waals surface area contributed by atoms with Gasteiger partial charge in [-0.3, -0.25) is 0 Å². The topological polar surface area (TPSA) is 106 Å². The first kappa shape index (κ1) is 11.6. The Balaban J connectivity index is 2.56. The first-order chi connectivity index (χ1) is 8.56. The van der Waals surface area contributed by atoms with Gasteiger partial charge in [0, 0.05) is 11.5 Å². The summed E-state index contributed by atoms with van der Waals surface area (Å²) in [6.07, 6.45) is -3.08. The van der Waals surface area contributed by atoms with Gasteiger partial charge in [-0.05, 0) is 11.5 Å². The molecule has 7 nitrogen and oxygen atoms in total. The van der Waals surface area contributed by atoms with E-state index >= 15 is 0 Å². The van der Waals surface area contributed by atoms with Crippen molar-refractivity contribution < 1.29 is 29.3 Å². The van der Waals surface area contributed by atoms with Gasteiger partial charge in [-0.2, -0.15) is 4.98 Å². The van der Waals surface area contributed by atoms with Crippen molar-refractivity contribution in [2.45, 2.75) is 0 Å². The van der Waals surface area contributed by atoms with E-state index in [4.69, 9.17) is 10.2 Å². The average molecular weight is 249 g/mol. The number of pyridine rings is 1. The molecule has 0 saturated carbocycles. The maximum absolute atomic E-state index is 10.5. The third kappa shape index (κ3) is 2.46. The molecule has 1 aromatic carbocycles. The third-order valence-corrected chi connectivity index (χ3v) is 2.06. The SMILES string of the molecule is O=C(O)Oc1cc2ccccc2c(OC(=O)O)n1. The predicted molar refractivity (Wildman–Crippen MR) is 59.0 cm³/mol. The molecule has 0 radical (unpaired) electrons. The number of hydrogen-bond acceptors (Lipinski definition) is 5. The molecule has 2 rings (SSSR count). The fourth-order valence-electron chi connectivity index (χ4n) is 1.45. The maximum atomic E-state index is 10.5. The molecule has 0 fully saturated rings. The average Bonchev–Trinajstić information content (AvgIpc) is 2.27. The quantitative estimate of drug-likeness (QED) is 0.786. The normalized spacial score (nSPS) is 10.0. The molecule has 0 bridgehead atoms. The number of fused-ring (bicyclic) bond motifs is 1. The van der Waals surface area contributed by atoms with Crippen molar-refractivity contribution in [2.24, 2.45) is 0 Å². The molecular formula is C11H7NO6. The molecule has 2 aromatic rings. The number of carboxylic acid groups (broad SMARTS) is 2. The van der Waals surface area contributed by atoms with E-state index in [1.165, 1.54) is 6.07 Å². The molecular weight excluding hydrogens is 242 g/mol. The van der Waals surface area contributed by atoms with Gasteiger partial charge in [-0.1, -0.05) is 18.2 Å². The molecule has 1 aromatic heterocycles. The summed E-state index contributed by atoms with van der Waals surface area (Å²) < 4.78 is 8.86. The Labute approximate surface area is 100 Å². The maximum Gasteiger partial charge on any atom is 0.512 e. The number of aromatic nitrogens is 1. The zero-order chi connectivity index (χ0) is 13.1. The lowest BCUT2D eigenvalue weighted by atomic mass is 10.2. The Morgan fingerprint density at radius 3 is 2.39 bits per heavy atom. The summed E-state index contributed by atoms with van der Waals surface area (Å²) >= 11 is 0. The summed E-state index contributed by atoms with van der Waals surface area (Å²) in [5, 5.41) is 18.1. The molecule has 0 aliphatic carbocycles. The van der Waals surface area contributed by atoms with Crippen LogP contribution in [0.5, 0.6) is 11.8 Å². The molecule has 0 unspecified atom stereocenters. The largest absolute Gasteiger partial charge is 0.512 e. The Morgan fingerprint density at radius 1 is 1.06 bits per heavy atom. The van der Waals surface area contributed by atoms with E-state index in [1.807, 2.05) is 0 Å². The van der Waals surface area contributed by atoms with Crippen LogP contribution in [-0.2, 0) is 0 Å². The standard InChI is InChI=1S/C11H7NO6/c13-10(14)17-8-5-6-3-1-2-4-7(6)9(12-8)18-11(15)16/h1-5H,(H,13,14)(H,15,16). The van der Waals surface area contributed by atoms with Gasteiger partial charge in [0.05, 0.1) is 0 Å². The first-order valence-electron chi connectivity index (χ1n) is 4.77. The molecule has 18 heavy (non-hydrogen) atoms. The van der Waals surface area contributed by atoms with Crippen LogP contribution in [0.25, 0.3) is 10.8 Å². The summed E-state index contributed by atoms with van der Waals surface area (Å²) in [6, 6.07) is 8.01. The molecule has 0 atom stereocenters. The molecule has 7 heteroatoms. The number of benzene rings is 1. The van der Waals surface area contributed by atoms with E-state index in [2.05, 4.69) is 14.5 Å². The van der Waals surface area contributed by atoms with Crippen LogP contribution in [0.4, 0.5) is 9.59 Å². The van der Waals surface area contributed by atoms with E-state index in [-0.39, 0.29) is 11.8 Å². The minimum atomic E-state index is -1.54. The zero-order valence-electron chi connectivity index (χ0n) is 8.86. The van der Waals surface area contributed by atoms with Crippen molar-refractivity contribution >= 4 is 23.1 Å². The lowest BCUT2D eigenvalue weighted by Gasteiger charge is -2.06. The van der Waals surface area contributed by atoms with E-state index < -0.39 is 12.3 Å². The molecule has 1 heterocycles. The van der Waals surface area contributed by atoms with Crippen molar-refractivity contribution in [3.05, 3.63) is 30.3 Å². The molecule has 2 N–H and O–H groups in total. The van der Waals surface area contributed by atoms with Gasteiger partial charge in [0.1, 0.15) is 0 Å². The first-order valence-corrected chi connectivity index (χ1v) is 4.77. The second kappa shape index (κ2) is 4.58. The summed E-state index contributed by atoms with van der Waals surface area (Å²) in [5.74, 6) is -0.477. The highest BCUT2D eigenvalue weighted by molar-refractivity contribution is 5.89. The van der Waals surface area contributed by atoms with Gasteiger partial charge in [-0.25, -0.2) is 9.59 Å². The Bertz CT molecular complexity index is 624. The van der Waals surface area contributed by atoms with Crippen molar-refractivity contribution in [3.63, 3.8) is 0 Å². The predicted octanol–water partition coefficient (Wildman–Crippen LogP) is 2.35. The molecule has 0 aliphatic rings. The van der Waals surface area contributed by atoms with Crippen molar-refractivity contribution in [1.29, 1.82) is 0 Å². The van der Waals surface area contributed by atoms with Crippen LogP contribution in [0.1, 0.15) is 0 Å². The highest BCUT2D eigenvalue weighted by Crippen LogP contribution is 2.27. The highest BCUT2D eigenvalue weighted by Gasteiger charge is 2.12. The summed E-state index contributed by atoms with van der Waals surface area (Å²) in [5.41, 5.74) is 0. The minimum absolute atomic E-state index is 0.225. The fourth-order valence-corrected chi connectivity index (χ4v) is 1.45. The number of rotatable bonds is 2. The lowest BCUT2D eigenvalue weighted by Crippen LogP contribution is -2.08. The van der Waals surface area contributed by atoms with Gasteiger partial charge in [-0.15, -0.1) is 0 Å². The van der Waals surface area contributed by atoms with Crippen LogP contribution in [0.15, 0.2) is 30.3 Å². The van der Waals surface area contributed by atoms with Crippen LogP contribution in [-0.4, -0.2) is 27.5 Å². The molecule has 0 saturated heterocycles. The fraction of sp³-hybridized carbons (Fsp3) is 0. The number of carbonyl (C=O) groups is 2. The van der Waals surface area contributed by atoms with Crippen LogP contribution in [0.3, 0.4) is 0 Å². The van der Waals surface area contributed by atoms with Crippen molar-refractivity contribution in [2.75, 3.05) is 0 Å². The van der Waals surface area contributed by atoms with Crippen molar-refractivity contribution in [1.82, 2.24) is 4.98 Å². The van der Waals surface area contributed by atoms with E-state index in [9.17, 15) is 9.59 Å². The van der Waals surface area contributed by atoms with Crippen LogP contribution in [0.2, 0.25) is 0 Å². The zero-order valence-corrected chi connectivity index (χ0v) is 8.86. The van der Waals surface area contributed by atoms with E-state index in [1.54, 1.807) is 24.3 Å². The lowest BCUT2D eigenvalue weighted by molar-refractivity contribution is 0.139. The highest BCUT2D eigenvalue weighted by atomic mass is 16.7. The minimum Gasteiger partial charge on any atom is -0.449 e. The van der Waals surface area contributed by atoms with E-state index in [0.29, 0.717) is 10.8 Å². The monoisotopic (exact) mass is 249 g/mol. The molecule has 92 valence electrons. The number of ether oxygens (including phenoxy) is 2. The Morgan fingerprint density at radius 2 is 1.72 bits per heavy atom. The van der Waals surface area contributed by atoms with Gasteiger partial charge < -0.3 is 19.7 Å². The smallest absolute Gasteiger partial charge is 0.449 e. The second-order valence-electron chi connectivity index (χ2n) is 3.22. The summed E-state index contributed by atoms with van der Waals surface area (Å²) in [7, 11) is 0. The second-order valence-corrected chi connectivity index (χ2v) is 3.22. The number of hydrogen-bond donors (Lipinski definition) is 2. The summed E-state index contributed by atoms with van der Waals surface area (Å²) in [4.78, 5) is 24.6. The van der Waals surface area contributed by atoms with Gasteiger partial charge in [0.2, 0.25) is 11.8 Å². The molecule has 0 spiro atoms. The summed E-state index contributed by atoms with van der Waals surface area (Å²) in [6.45, 7) is 0. The number of nitrogens with zero attached hydrogens (tertiary/aromatic N) is 1. The Hall–Kier alpha value is -2.83. The van der Waals surface area contributed by atoms with E-state index in [0.717, 1.165) is 0 Å². The molecule has 0 aliphatic heterocycles. The third-order valence-electron chi connectivity index (χ3n) is 2.06. The van der Waals surface area contributed by atoms with Crippen LogP contribution >= 0.6 is 0 Å². The Kier molecular flexibility index (Phi) is 2.96. The van der Waals surface area contributed by atoms with Crippen LogP contribution < -0.4 is 9.47 Å². The van der Waals surface area contributed by atoms with Gasteiger partial charge in [0.15, 0.2) is 0 Å². The van der Waals surface area contributed by atoms with Gasteiger partial charge in [0.25, 0.3) is 0 Å². The van der Waals surface area contributed by atoms with Gasteiger partial charge >= 0.3 is 12.3 Å². The van der Waals surface area contributed by atoms with Crippen molar-refractivity contribution in [3.8, 4) is 11.8 Å². The van der Waals surface area contributed by atoms with Crippen LogP contribution in [0, 0.1) is 0 Å². The molecule has 0 amide bonds.